The SMILES string of the molecule is Cc1cccc(C)c1OCC(=O)NNC(=O)[C@@H](C)Oc1ccccc1[N+](=O)[O-]. The van der Waals surface area contributed by atoms with Gasteiger partial charge in [-0.3, -0.25) is 30.6 Å². The van der Waals surface area contributed by atoms with Crippen molar-refractivity contribution in [3.63, 3.8) is 0 Å². The lowest BCUT2D eigenvalue weighted by atomic mass is 10.1. The van der Waals surface area contributed by atoms with Gasteiger partial charge in [0.15, 0.2) is 18.5 Å². The van der Waals surface area contributed by atoms with Crippen molar-refractivity contribution in [1.29, 1.82) is 0 Å². The van der Waals surface area contributed by atoms with E-state index in [1.54, 1.807) is 6.07 Å². The molecule has 28 heavy (non-hydrogen) atoms. The number of hydrogen-bond acceptors (Lipinski definition) is 6. The van der Waals surface area contributed by atoms with Crippen LogP contribution in [0.2, 0.25) is 0 Å². The number of hydrogen-bond donors (Lipinski definition) is 2. The number of ether oxygens (including phenoxy) is 2. The highest BCUT2D eigenvalue weighted by molar-refractivity contribution is 5.85. The fraction of sp³-hybridized carbons (Fsp3) is 0.263. The van der Waals surface area contributed by atoms with Crippen molar-refractivity contribution in [3.8, 4) is 11.5 Å². The van der Waals surface area contributed by atoms with Crippen LogP contribution >= 0.6 is 0 Å². The Bertz CT molecular complexity index is 863. The predicted molar refractivity (Wildman–Crippen MR) is 101 cm³/mol. The normalized spacial score (nSPS) is 11.2. The zero-order chi connectivity index (χ0) is 20.7. The monoisotopic (exact) mass is 387 g/mol. The third-order valence-corrected chi connectivity index (χ3v) is 3.82. The van der Waals surface area contributed by atoms with Gasteiger partial charge in [-0.15, -0.1) is 0 Å². The van der Waals surface area contributed by atoms with Crippen molar-refractivity contribution in [2.24, 2.45) is 0 Å². The average Bonchev–Trinajstić information content (AvgIpc) is 2.65. The van der Waals surface area contributed by atoms with Gasteiger partial charge in [0.2, 0.25) is 0 Å². The summed E-state index contributed by atoms with van der Waals surface area (Å²) < 4.78 is 10.8. The number of carbonyl (C=O) groups is 2. The quantitative estimate of drug-likeness (QED) is 0.555. The van der Waals surface area contributed by atoms with E-state index in [-0.39, 0.29) is 18.0 Å². The van der Waals surface area contributed by atoms with Gasteiger partial charge >= 0.3 is 5.69 Å². The molecule has 0 spiro atoms. The van der Waals surface area contributed by atoms with Gasteiger partial charge in [0.05, 0.1) is 4.92 Å². The summed E-state index contributed by atoms with van der Waals surface area (Å²) in [6.07, 6.45) is -1.07. The molecule has 2 N–H and O–H groups in total. The van der Waals surface area contributed by atoms with E-state index in [4.69, 9.17) is 9.47 Å². The van der Waals surface area contributed by atoms with Crippen LogP contribution in [0.1, 0.15) is 18.1 Å². The number of para-hydroxylation sites is 3. The molecule has 0 saturated heterocycles. The summed E-state index contributed by atoms with van der Waals surface area (Å²) in [4.78, 5) is 34.3. The highest BCUT2D eigenvalue weighted by Crippen LogP contribution is 2.26. The number of nitro benzene ring substituents is 1. The minimum atomic E-state index is -1.07. The van der Waals surface area contributed by atoms with Gasteiger partial charge in [-0.25, -0.2) is 0 Å². The van der Waals surface area contributed by atoms with Crippen LogP contribution in [-0.2, 0) is 9.59 Å². The van der Waals surface area contributed by atoms with Gasteiger partial charge in [-0.1, -0.05) is 30.3 Å². The number of nitro groups is 1. The minimum Gasteiger partial charge on any atom is -0.483 e. The van der Waals surface area contributed by atoms with E-state index in [2.05, 4.69) is 10.9 Å². The van der Waals surface area contributed by atoms with Gasteiger partial charge in [-0.05, 0) is 38.0 Å². The highest BCUT2D eigenvalue weighted by Gasteiger charge is 2.21. The van der Waals surface area contributed by atoms with Gasteiger partial charge in [-0.2, -0.15) is 0 Å². The predicted octanol–water partition coefficient (Wildman–Crippen LogP) is 2.21. The Morgan fingerprint density at radius 2 is 1.71 bits per heavy atom. The average molecular weight is 387 g/mol. The second-order valence-corrected chi connectivity index (χ2v) is 6.03. The summed E-state index contributed by atoms with van der Waals surface area (Å²) in [5.74, 6) is -0.663. The van der Waals surface area contributed by atoms with Crippen LogP contribution in [0.5, 0.6) is 11.5 Å². The molecule has 0 radical (unpaired) electrons. The van der Waals surface area contributed by atoms with E-state index in [0.29, 0.717) is 5.75 Å². The molecule has 2 amide bonds. The molecule has 9 heteroatoms. The Morgan fingerprint density at radius 3 is 2.36 bits per heavy atom. The van der Waals surface area contributed by atoms with E-state index in [9.17, 15) is 19.7 Å². The fourth-order valence-corrected chi connectivity index (χ4v) is 2.39. The molecule has 2 aromatic carbocycles. The molecule has 0 aromatic heterocycles. The molecule has 0 aliphatic rings. The first-order valence-corrected chi connectivity index (χ1v) is 8.47. The van der Waals surface area contributed by atoms with Crippen LogP contribution in [0, 0.1) is 24.0 Å². The summed E-state index contributed by atoms with van der Waals surface area (Å²) in [6, 6.07) is 11.3. The van der Waals surface area contributed by atoms with E-state index in [0.717, 1.165) is 11.1 Å². The van der Waals surface area contributed by atoms with Gasteiger partial charge in [0.25, 0.3) is 11.8 Å². The third-order valence-electron chi connectivity index (χ3n) is 3.82. The lowest BCUT2D eigenvalue weighted by Gasteiger charge is -2.16. The first-order chi connectivity index (χ1) is 13.3. The topological polar surface area (TPSA) is 120 Å². The number of rotatable bonds is 7. The molecular formula is C19H21N3O6. The lowest BCUT2D eigenvalue weighted by Crippen LogP contribution is -2.48. The number of amides is 2. The van der Waals surface area contributed by atoms with Crippen molar-refractivity contribution in [3.05, 3.63) is 63.7 Å². The maximum atomic E-state index is 12.1. The Kier molecular flexibility index (Phi) is 6.91. The van der Waals surface area contributed by atoms with Crippen LogP contribution in [-0.4, -0.2) is 29.4 Å². The molecule has 148 valence electrons. The highest BCUT2D eigenvalue weighted by atomic mass is 16.6. The molecule has 0 heterocycles. The molecule has 0 aliphatic heterocycles. The maximum Gasteiger partial charge on any atom is 0.310 e. The van der Waals surface area contributed by atoms with Crippen LogP contribution in [0.3, 0.4) is 0 Å². The summed E-state index contributed by atoms with van der Waals surface area (Å²) in [5.41, 5.74) is 5.95. The molecule has 0 aliphatic carbocycles. The smallest absolute Gasteiger partial charge is 0.310 e. The third kappa shape index (κ3) is 5.44. The van der Waals surface area contributed by atoms with Crippen LogP contribution in [0.15, 0.2) is 42.5 Å². The standard InChI is InChI=1S/C19H21N3O6/c1-12-7-6-8-13(2)18(12)27-11-17(23)20-21-19(24)14(3)28-16-10-5-4-9-15(16)22(25)26/h4-10,14H,11H2,1-3H3,(H,20,23)(H,21,24)/t14-/m1/s1. The number of carbonyl (C=O) groups excluding carboxylic acids is 2. The largest absolute Gasteiger partial charge is 0.483 e. The Labute approximate surface area is 161 Å². The number of benzene rings is 2. The van der Waals surface area contributed by atoms with Crippen LogP contribution in [0.4, 0.5) is 5.69 Å². The molecule has 0 fully saturated rings. The lowest BCUT2D eigenvalue weighted by molar-refractivity contribution is -0.386. The maximum absolute atomic E-state index is 12.1. The van der Waals surface area contributed by atoms with Crippen LogP contribution < -0.4 is 20.3 Å². The van der Waals surface area contributed by atoms with E-state index in [1.807, 2.05) is 32.0 Å². The number of nitrogens with zero attached hydrogens (tertiary/aromatic N) is 1. The summed E-state index contributed by atoms with van der Waals surface area (Å²) in [7, 11) is 0. The van der Waals surface area contributed by atoms with Crippen molar-refractivity contribution >= 4 is 17.5 Å². The summed E-state index contributed by atoms with van der Waals surface area (Å²) >= 11 is 0. The molecule has 0 unspecified atom stereocenters. The molecule has 2 aromatic rings. The molecule has 0 saturated carbocycles. The van der Waals surface area contributed by atoms with Crippen LogP contribution in [0.25, 0.3) is 0 Å². The molecule has 2 rings (SSSR count). The summed E-state index contributed by atoms with van der Waals surface area (Å²) in [5, 5.41) is 11.0. The molecule has 0 bridgehead atoms. The second-order valence-electron chi connectivity index (χ2n) is 6.03. The van der Waals surface area contributed by atoms with Crippen molar-refractivity contribution in [2.45, 2.75) is 26.9 Å². The number of nitrogens with one attached hydrogen (secondary N) is 2. The van der Waals surface area contributed by atoms with Crippen molar-refractivity contribution in [1.82, 2.24) is 10.9 Å². The van der Waals surface area contributed by atoms with Gasteiger partial charge in [0.1, 0.15) is 5.75 Å². The minimum absolute atomic E-state index is 0.0418. The number of aryl methyl sites for hydroxylation is 2. The first-order valence-electron chi connectivity index (χ1n) is 8.47. The molecular weight excluding hydrogens is 366 g/mol. The Balaban J connectivity index is 1.84. The van der Waals surface area contributed by atoms with Gasteiger partial charge in [0, 0.05) is 6.07 Å². The summed E-state index contributed by atoms with van der Waals surface area (Å²) in [6.45, 7) is 4.85. The van der Waals surface area contributed by atoms with Crippen molar-refractivity contribution in [2.75, 3.05) is 6.61 Å². The second kappa shape index (κ2) is 9.36. The Morgan fingerprint density at radius 1 is 1.07 bits per heavy atom. The Hall–Kier alpha value is -3.62. The zero-order valence-electron chi connectivity index (χ0n) is 15.7. The fourth-order valence-electron chi connectivity index (χ4n) is 2.39. The van der Waals surface area contributed by atoms with Crippen molar-refractivity contribution < 1.29 is 24.0 Å². The molecule has 1 atom stereocenters. The number of hydrazine groups is 1. The van der Waals surface area contributed by atoms with E-state index in [1.165, 1.54) is 25.1 Å². The molecule has 9 nitrogen and oxygen atoms in total. The first kappa shape index (κ1) is 20.7. The van der Waals surface area contributed by atoms with Gasteiger partial charge < -0.3 is 9.47 Å². The zero-order valence-corrected chi connectivity index (χ0v) is 15.7. The van der Waals surface area contributed by atoms with E-state index >= 15 is 0 Å². The van der Waals surface area contributed by atoms with E-state index < -0.39 is 22.8 Å².